The lowest BCUT2D eigenvalue weighted by Gasteiger charge is -2.08. The Morgan fingerprint density at radius 2 is 2.33 bits per heavy atom. The quantitative estimate of drug-likeness (QED) is 0.862. The van der Waals surface area contributed by atoms with Crippen LogP contribution in [0, 0.1) is 6.92 Å². The number of hydrogen-bond acceptors (Lipinski definition) is 3. The molecule has 1 unspecified atom stereocenters. The summed E-state index contributed by atoms with van der Waals surface area (Å²) in [5, 5.41) is 2.32. The van der Waals surface area contributed by atoms with Crippen LogP contribution in [0.1, 0.15) is 23.7 Å². The summed E-state index contributed by atoms with van der Waals surface area (Å²) in [6.45, 7) is 3.97. The first-order valence-electron chi connectivity index (χ1n) is 5.71. The molecule has 0 spiro atoms. The highest BCUT2D eigenvalue weighted by Gasteiger charge is 2.18. The maximum absolute atomic E-state index is 11.6. The van der Waals surface area contributed by atoms with Gasteiger partial charge in [-0.25, -0.2) is 9.97 Å². The Kier molecular flexibility index (Phi) is 3.52. The maximum Gasteiger partial charge on any atom is 0.239 e. The van der Waals surface area contributed by atoms with E-state index >= 15 is 0 Å². The van der Waals surface area contributed by atoms with Crippen molar-refractivity contribution in [2.75, 3.05) is 7.05 Å². The molecule has 5 nitrogen and oxygen atoms in total. The van der Waals surface area contributed by atoms with Gasteiger partial charge in [-0.05, 0) is 25.5 Å². The van der Waals surface area contributed by atoms with Gasteiger partial charge >= 0.3 is 0 Å². The van der Waals surface area contributed by atoms with Gasteiger partial charge in [-0.2, -0.15) is 0 Å². The second-order valence-corrected chi connectivity index (χ2v) is 4.80. The minimum atomic E-state index is -0.275. The molecule has 2 aromatic heterocycles. The molecule has 0 saturated heterocycles. The summed E-state index contributed by atoms with van der Waals surface area (Å²) in [7, 11) is 1.60. The summed E-state index contributed by atoms with van der Waals surface area (Å²) < 4.78 is 1.76. The Balaban J connectivity index is 2.63. The summed E-state index contributed by atoms with van der Waals surface area (Å²) in [6.07, 6.45) is 1.71. The first-order chi connectivity index (χ1) is 8.54. The molecule has 0 aliphatic carbocycles. The molecule has 0 fully saturated rings. The number of nitrogens with one attached hydrogen (secondary N) is 1. The van der Waals surface area contributed by atoms with Crippen LogP contribution in [0.25, 0.3) is 11.2 Å². The van der Waals surface area contributed by atoms with Crippen LogP contribution < -0.4 is 5.32 Å². The number of rotatable bonds is 3. The van der Waals surface area contributed by atoms with E-state index in [0.29, 0.717) is 11.5 Å². The van der Waals surface area contributed by atoms with E-state index < -0.39 is 0 Å². The van der Waals surface area contributed by atoms with Gasteiger partial charge in [0.25, 0.3) is 0 Å². The average molecular weight is 267 g/mol. The lowest BCUT2D eigenvalue weighted by atomic mass is 10.3. The first-order valence-corrected chi connectivity index (χ1v) is 6.14. The van der Waals surface area contributed by atoms with E-state index in [1.807, 2.05) is 19.9 Å². The lowest BCUT2D eigenvalue weighted by Crippen LogP contribution is -2.24. The Morgan fingerprint density at radius 3 is 2.94 bits per heavy atom. The molecule has 96 valence electrons. The molecule has 0 bridgehead atoms. The van der Waals surface area contributed by atoms with Crippen LogP contribution in [0.5, 0.6) is 0 Å². The SMILES string of the molecule is CNC(=O)Cn1c(C(C)Cl)nc2c(C)ccnc21. The molecule has 2 rings (SSSR count). The van der Waals surface area contributed by atoms with Crippen LogP contribution in [0.3, 0.4) is 0 Å². The third-order valence-electron chi connectivity index (χ3n) is 2.80. The fourth-order valence-electron chi connectivity index (χ4n) is 1.84. The summed E-state index contributed by atoms with van der Waals surface area (Å²) in [6, 6.07) is 1.89. The van der Waals surface area contributed by atoms with Gasteiger partial charge in [0.1, 0.15) is 17.9 Å². The number of nitrogens with zero attached hydrogens (tertiary/aromatic N) is 3. The van der Waals surface area contributed by atoms with E-state index in [9.17, 15) is 4.79 Å². The van der Waals surface area contributed by atoms with Crippen LogP contribution >= 0.6 is 11.6 Å². The maximum atomic E-state index is 11.6. The standard InChI is InChI=1S/C12H15ClN4O/c1-7-4-5-15-12-10(7)16-11(8(2)13)17(12)6-9(18)14-3/h4-5,8H,6H2,1-3H3,(H,14,18). The number of likely N-dealkylation sites (N-methyl/N-ethyl adjacent to an activating group) is 1. The lowest BCUT2D eigenvalue weighted by molar-refractivity contribution is -0.121. The Labute approximate surface area is 110 Å². The third-order valence-corrected chi connectivity index (χ3v) is 3.00. The number of hydrogen-bond donors (Lipinski definition) is 1. The van der Waals surface area contributed by atoms with Crippen molar-refractivity contribution in [1.29, 1.82) is 0 Å². The zero-order valence-electron chi connectivity index (χ0n) is 10.6. The number of aryl methyl sites for hydroxylation is 1. The highest BCUT2D eigenvalue weighted by Crippen LogP contribution is 2.24. The van der Waals surface area contributed by atoms with Crippen molar-refractivity contribution in [2.24, 2.45) is 0 Å². The highest BCUT2D eigenvalue weighted by atomic mass is 35.5. The number of carbonyl (C=O) groups is 1. The van der Waals surface area contributed by atoms with Crippen LogP contribution in [-0.4, -0.2) is 27.5 Å². The fraction of sp³-hybridized carbons (Fsp3) is 0.417. The third kappa shape index (κ3) is 2.18. The minimum absolute atomic E-state index is 0.101. The molecule has 0 aliphatic rings. The zero-order valence-corrected chi connectivity index (χ0v) is 11.3. The second kappa shape index (κ2) is 4.94. The molecule has 1 N–H and O–H groups in total. The van der Waals surface area contributed by atoms with Crippen LogP contribution in [-0.2, 0) is 11.3 Å². The van der Waals surface area contributed by atoms with Crippen molar-refractivity contribution in [3.63, 3.8) is 0 Å². The van der Waals surface area contributed by atoms with Crippen molar-refractivity contribution in [1.82, 2.24) is 19.9 Å². The average Bonchev–Trinajstić information content (AvgIpc) is 2.70. The van der Waals surface area contributed by atoms with Crippen molar-refractivity contribution >= 4 is 28.7 Å². The van der Waals surface area contributed by atoms with Gasteiger partial charge in [-0.15, -0.1) is 11.6 Å². The number of amides is 1. The molecule has 18 heavy (non-hydrogen) atoms. The number of halogens is 1. The van der Waals surface area contributed by atoms with Gasteiger partial charge in [0.15, 0.2) is 5.65 Å². The molecule has 6 heteroatoms. The monoisotopic (exact) mass is 266 g/mol. The van der Waals surface area contributed by atoms with Crippen LogP contribution in [0.4, 0.5) is 0 Å². The summed E-state index contributed by atoms with van der Waals surface area (Å²) >= 11 is 6.12. The zero-order chi connectivity index (χ0) is 13.3. The van der Waals surface area contributed by atoms with Gasteiger partial charge in [0.05, 0.1) is 5.38 Å². The number of fused-ring (bicyclic) bond motifs is 1. The number of carbonyl (C=O) groups excluding carboxylic acids is 1. The molecule has 2 aromatic rings. The van der Waals surface area contributed by atoms with Crippen LogP contribution in [0.2, 0.25) is 0 Å². The molecular weight excluding hydrogens is 252 g/mol. The largest absolute Gasteiger partial charge is 0.358 e. The van der Waals surface area contributed by atoms with Gasteiger partial charge in [-0.3, -0.25) is 4.79 Å². The second-order valence-electron chi connectivity index (χ2n) is 4.15. The van der Waals surface area contributed by atoms with E-state index in [0.717, 1.165) is 11.1 Å². The summed E-state index contributed by atoms with van der Waals surface area (Å²) in [5.41, 5.74) is 2.51. The fourth-order valence-corrected chi connectivity index (χ4v) is 2.00. The predicted octanol–water partition coefficient (Wildman–Crippen LogP) is 1.79. The van der Waals surface area contributed by atoms with Crippen molar-refractivity contribution < 1.29 is 4.79 Å². The number of alkyl halides is 1. The Bertz CT molecular complexity index is 591. The van der Waals surface area contributed by atoms with E-state index in [1.165, 1.54) is 0 Å². The number of pyridine rings is 1. The summed E-state index contributed by atoms with van der Waals surface area (Å²) in [4.78, 5) is 20.3. The molecule has 0 saturated carbocycles. The smallest absolute Gasteiger partial charge is 0.239 e. The Morgan fingerprint density at radius 1 is 1.61 bits per heavy atom. The van der Waals surface area contributed by atoms with Crippen molar-refractivity contribution in [3.05, 3.63) is 23.7 Å². The molecule has 0 radical (unpaired) electrons. The van der Waals surface area contributed by atoms with E-state index in [-0.39, 0.29) is 17.8 Å². The van der Waals surface area contributed by atoms with Crippen LogP contribution in [0.15, 0.2) is 12.3 Å². The minimum Gasteiger partial charge on any atom is -0.358 e. The highest BCUT2D eigenvalue weighted by molar-refractivity contribution is 6.20. The van der Waals surface area contributed by atoms with Crippen molar-refractivity contribution in [2.45, 2.75) is 25.8 Å². The van der Waals surface area contributed by atoms with Gasteiger partial charge < -0.3 is 9.88 Å². The molecule has 0 aliphatic heterocycles. The molecule has 0 aromatic carbocycles. The van der Waals surface area contributed by atoms with Gasteiger partial charge in [-0.1, -0.05) is 0 Å². The van der Waals surface area contributed by atoms with E-state index in [2.05, 4.69) is 15.3 Å². The topological polar surface area (TPSA) is 59.8 Å². The Hall–Kier alpha value is -1.62. The van der Waals surface area contributed by atoms with Gasteiger partial charge in [0, 0.05) is 13.2 Å². The first kappa shape index (κ1) is 12.8. The van der Waals surface area contributed by atoms with Crippen molar-refractivity contribution in [3.8, 4) is 0 Å². The molecule has 1 atom stereocenters. The predicted molar refractivity (Wildman–Crippen MR) is 70.6 cm³/mol. The van der Waals surface area contributed by atoms with E-state index in [1.54, 1.807) is 17.8 Å². The molecular formula is C12H15ClN4O. The normalized spacial score (nSPS) is 12.7. The van der Waals surface area contributed by atoms with Gasteiger partial charge in [0.2, 0.25) is 5.91 Å². The molecule has 1 amide bonds. The molecule has 2 heterocycles. The van der Waals surface area contributed by atoms with E-state index in [4.69, 9.17) is 11.6 Å². The summed E-state index contributed by atoms with van der Waals surface area (Å²) in [5.74, 6) is 0.563. The number of aromatic nitrogens is 3. The number of imidazole rings is 1.